The maximum Gasteiger partial charge on any atom is 0.0809 e. The Kier molecular flexibility index (Phi) is 6.28. The van der Waals surface area contributed by atoms with Crippen molar-refractivity contribution in [3.05, 3.63) is 0 Å². The summed E-state index contributed by atoms with van der Waals surface area (Å²) in [5, 5.41) is 12.3. The summed E-state index contributed by atoms with van der Waals surface area (Å²) in [6, 6.07) is 0. The quantitative estimate of drug-likeness (QED) is 0.610. The molecule has 0 aliphatic carbocycles. The van der Waals surface area contributed by atoms with Crippen LogP contribution in [0, 0.1) is 0 Å². The van der Waals surface area contributed by atoms with Gasteiger partial charge in [-0.05, 0) is 39.7 Å². The van der Waals surface area contributed by atoms with Gasteiger partial charge in [-0.2, -0.15) is 0 Å². The summed E-state index contributed by atoms with van der Waals surface area (Å²) in [7, 11) is 1.88. The highest BCUT2D eigenvalue weighted by molar-refractivity contribution is 4.79. The van der Waals surface area contributed by atoms with E-state index in [1.807, 2.05) is 14.0 Å². The molecule has 2 atom stereocenters. The van der Waals surface area contributed by atoms with E-state index < -0.39 is 0 Å². The number of nitrogens with one attached hydrogen (secondary N) is 1. The van der Waals surface area contributed by atoms with Crippen molar-refractivity contribution in [2.75, 3.05) is 33.5 Å². The number of hydrogen-bond donors (Lipinski definition) is 2. The topological polar surface area (TPSA) is 50.7 Å². The Labute approximate surface area is 98.3 Å². The summed E-state index contributed by atoms with van der Waals surface area (Å²) in [5.41, 5.74) is -0.173. The van der Waals surface area contributed by atoms with Gasteiger partial charge in [-0.3, -0.25) is 0 Å². The lowest BCUT2D eigenvalue weighted by Gasteiger charge is -2.26. The van der Waals surface area contributed by atoms with Crippen LogP contribution in [-0.4, -0.2) is 50.2 Å². The van der Waals surface area contributed by atoms with Gasteiger partial charge in [0.2, 0.25) is 0 Å². The zero-order valence-electron chi connectivity index (χ0n) is 10.5. The van der Waals surface area contributed by atoms with Crippen LogP contribution >= 0.6 is 0 Å². The van der Waals surface area contributed by atoms with Crippen LogP contribution in [-0.2, 0) is 9.47 Å². The SMILES string of the molecule is CNC(C)(CO)CCCOCC1CCCO1. The molecule has 1 saturated heterocycles. The third-order valence-corrected chi connectivity index (χ3v) is 3.30. The second kappa shape index (κ2) is 7.22. The smallest absolute Gasteiger partial charge is 0.0809 e. The summed E-state index contributed by atoms with van der Waals surface area (Å²) in [5.74, 6) is 0. The Morgan fingerprint density at radius 1 is 1.56 bits per heavy atom. The van der Waals surface area contributed by atoms with Gasteiger partial charge in [0.15, 0.2) is 0 Å². The van der Waals surface area contributed by atoms with Crippen molar-refractivity contribution in [2.24, 2.45) is 0 Å². The minimum absolute atomic E-state index is 0.162. The molecule has 0 amide bonds. The predicted molar refractivity (Wildman–Crippen MR) is 63.6 cm³/mol. The number of rotatable bonds is 8. The standard InChI is InChI=1S/C12H25NO3/c1-12(10-14,13-2)6-4-7-15-9-11-5-3-8-16-11/h11,13-14H,3-10H2,1-2H3. The van der Waals surface area contributed by atoms with Crippen molar-refractivity contribution < 1.29 is 14.6 Å². The number of hydrogen-bond acceptors (Lipinski definition) is 4. The van der Waals surface area contributed by atoms with Crippen molar-refractivity contribution in [3.8, 4) is 0 Å². The molecule has 0 bridgehead atoms. The van der Waals surface area contributed by atoms with Crippen LogP contribution in [0.15, 0.2) is 0 Å². The van der Waals surface area contributed by atoms with Crippen molar-refractivity contribution in [2.45, 2.75) is 44.2 Å². The fourth-order valence-corrected chi connectivity index (χ4v) is 1.84. The first-order valence-corrected chi connectivity index (χ1v) is 6.19. The van der Waals surface area contributed by atoms with E-state index in [0.717, 1.165) is 45.5 Å². The average Bonchev–Trinajstić information content (AvgIpc) is 2.81. The Bertz CT molecular complexity index is 177. The lowest BCUT2D eigenvalue weighted by Crippen LogP contribution is -2.43. The van der Waals surface area contributed by atoms with Crippen LogP contribution in [0.4, 0.5) is 0 Å². The molecule has 0 aromatic heterocycles. The van der Waals surface area contributed by atoms with E-state index in [-0.39, 0.29) is 12.1 Å². The second-order valence-corrected chi connectivity index (χ2v) is 4.78. The number of aliphatic hydroxyl groups is 1. The summed E-state index contributed by atoms with van der Waals surface area (Å²) < 4.78 is 11.0. The summed E-state index contributed by atoms with van der Waals surface area (Å²) >= 11 is 0. The fourth-order valence-electron chi connectivity index (χ4n) is 1.84. The molecule has 96 valence electrons. The van der Waals surface area contributed by atoms with Gasteiger partial charge in [-0.25, -0.2) is 0 Å². The van der Waals surface area contributed by atoms with Crippen molar-refractivity contribution in [3.63, 3.8) is 0 Å². The second-order valence-electron chi connectivity index (χ2n) is 4.78. The minimum Gasteiger partial charge on any atom is -0.394 e. The van der Waals surface area contributed by atoms with Gasteiger partial charge in [-0.15, -0.1) is 0 Å². The van der Waals surface area contributed by atoms with Crippen LogP contribution in [0.1, 0.15) is 32.6 Å². The molecule has 1 aliphatic heterocycles. The fraction of sp³-hybridized carbons (Fsp3) is 1.00. The molecule has 2 unspecified atom stereocenters. The van der Waals surface area contributed by atoms with Gasteiger partial charge in [0, 0.05) is 18.8 Å². The Morgan fingerprint density at radius 3 is 2.94 bits per heavy atom. The molecular formula is C12H25NO3. The van der Waals surface area contributed by atoms with E-state index in [2.05, 4.69) is 5.32 Å². The van der Waals surface area contributed by atoms with Gasteiger partial charge < -0.3 is 19.9 Å². The lowest BCUT2D eigenvalue weighted by atomic mass is 9.97. The monoisotopic (exact) mass is 231 g/mol. The molecule has 2 N–H and O–H groups in total. The number of ether oxygens (including phenoxy) is 2. The van der Waals surface area contributed by atoms with Gasteiger partial charge >= 0.3 is 0 Å². The first-order valence-electron chi connectivity index (χ1n) is 6.19. The minimum atomic E-state index is -0.173. The van der Waals surface area contributed by atoms with E-state index in [1.165, 1.54) is 0 Å². The molecule has 1 rings (SSSR count). The van der Waals surface area contributed by atoms with E-state index in [0.29, 0.717) is 6.10 Å². The van der Waals surface area contributed by atoms with Crippen LogP contribution in [0.3, 0.4) is 0 Å². The first-order chi connectivity index (χ1) is 7.70. The third-order valence-electron chi connectivity index (χ3n) is 3.30. The van der Waals surface area contributed by atoms with E-state index >= 15 is 0 Å². The summed E-state index contributed by atoms with van der Waals surface area (Å²) in [6.07, 6.45) is 4.49. The van der Waals surface area contributed by atoms with Crippen LogP contribution in [0.5, 0.6) is 0 Å². The van der Waals surface area contributed by atoms with Gasteiger partial charge in [0.25, 0.3) is 0 Å². The Hall–Kier alpha value is -0.160. The molecule has 0 radical (unpaired) electrons. The van der Waals surface area contributed by atoms with E-state index in [4.69, 9.17) is 9.47 Å². The van der Waals surface area contributed by atoms with E-state index in [1.54, 1.807) is 0 Å². The van der Waals surface area contributed by atoms with Gasteiger partial charge in [-0.1, -0.05) is 0 Å². The molecule has 4 nitrogen and oxygen atoms in total. The van der Waals surface area contributed by atoms with Crippen LogP contribution in [0.2, 0.25) is 0 Å². The van der Waals surface area contributed by atoms with Gasteiger partial charge in [0.1, 0.15) is 0 Å². The first kappa shape index (κ1) is 13.9. The maximum atomic E-state index is 9.19. The molecule has 1 heterocycles. The third kappa shape index (κ3) is 4.78. The highest BCUT2D eigenvalue weighted by Gasteiger charge is 2.20. The molecule has 4 heteroatoms. The lowest BCUT2D eigenvalue weighted by molar-refractivity contribution is 0.0140. The largest absolute Gasteiger partial charge is 0.394 e. The molecule has 0 spiro atoms. The summed E-state index contributed by atoms with van der Waals surface area (Å²) in [6.45, 7) is 4.53. The van der Waals surface area contributed by atoms with Crippen LogP contribution in [0.25, 0.3) is 0 Å². The number of likely N-dealkylation sites (N-methyl/N-ethyl adjacent to an activating group) is 1. The normalized spacial score (nSPS) is 24.6. The van der Waals surface area contributed by atoms with Crippen molar-refractivity contribution in [1.82, 2.24) is 5.32 Å². The van der Waals surface area contributed by atoms with Crippen molar-refractivity contribution in [1.29, 1.82) is 0 Å². The molecule has 1 fully saturated rings. The summed E-state index contributed by atoms with van der Waals surface area (Å²) in [4.78, 5) is 0. The predicted octanol–water partition coefficient (Wildman–Crippen LogP) is 0.933. The highest BCUT2D eigenvalue weighted by Crippen LogP contribution is 2.13. The Morgan fingerprint density at radius 2 is 2.38 bits per heavy atom. The Balaban J connectivity index is 1.98. The van der Waals surface area contributed by atoms with Crippen LogP contribution < -0.4 is 5.32 Å². The van der Waals surface area contributed by atoms with E-state index in [9.17, 15) is 5.11 Å². The maximum absolute atomic E-state index is 9.19. The van der Waals surface area contributed by atoms with Gasteiger partial charge in [0.05, 0.1) is 19.3 Å². The molecule has 0 aromatic rings. The highest BCUT2D eigenvalue weighted by atomic mass is 16.5. The molecule has 16 heavy (non-hydrogen) atoms. The molecule has 0 aromatic carbocycles. The zero-order chi connectivity index (χ0) is 11.9. The molecule has 0 saturated carbocycles. The van der Waals surface area contributed by atoms with Crippen molar-refractivity contribution >= 4 is 0 Å². The molecule has 1 aliphatic rings. The molecular weight excluding hydrogens is 206 g/mol. The number of aliphatic hydroxyl groups excluding tert-OH is 1. The zero-order valence-corrected chi connectivity index (χ0v) is 10.5. The average molecular weight is 231 g/mol.